The molecule has 4 nitrogen and oxygen atoms in total. The zero-order chi connectivity index (χ0) is 18.4. The van der Waals surface area contributed by atoms with Gasteiger partial charge < -0.3 is 9.64 Å². The summed E-state index contributed by atoms with van der Waals surface area (Å²) in [5.41, 5.74) is 0.661. The summed E-state index contributed by atoms with van der Waals surface area (Å²) in [5, 5.41) is 0. The summed E-state index contributed by atoms with van der Waals surface area (Å²) in [5.74, 6) is 0.840. The van der Waals surface area contributed by atoms with Crippen LogP contribution in [0.4, 0.5) is 8.78 Å². The first-order chi connectivity index (χ1) is 12.6. The van der Waals surface area contributed by atoms with Crippen molar-refractivity contribution in [3.05, 3.63) is 29.6 Å². The number of ketones is 1. The maximum atomic E-state index is 12.8. The first-order valence-corrected chi connectivity index (χ1v) is 9.71. The van der Waals surface area contributed by atoms with Gasteiger partial charge in [0.1, 0.15) is 11.5 Å². The Morgan fingerprint density at radius 3 is 2.62 bits per heavy atom. The SMILES string of the molecule is O=C(CCCN1CCC(c2cccc(C(F)F)n2)CC1)C1CCOCC1. The van der Waals surface area contributed by atoms with Crippen LogP contribution in [0.25, 0.3) is 0 Å². The second-order valence-corrected chi connectivity index (χ2v) is 7.36. The van der Waals surface area contributed by atoms with Crippen LogP contribution in [0.3, 0.4) is 0 Å². The molecular formula is C20H28F2N2O2. The Kier molecular flexibility index (Phi) is 7.08. The van der Waals surface area contributed by atoms with Crippen molar-refractivity contribution in [2.45, 2.75) is 50.9 Å². The fraction of sp³-hybridized carbons (Fsp3) is 0.700. The van der Waals surface area contributed by atoms with Crippen LogP contribution in [0, 0.1) is 5.92 Å². The molecular weight excluding hydrogens is 338 g/mol. The van der Waals surface area contributed by atoms with E-state index in [0.29, 0.717) is 25.4 Å². The van der Waals surface area contributed by atoms with Gasteiger partial charge in [-0.3, -0.25) is 9.78 Å². The van der Waals surface area contributed by atoms with Gasteiger partial charge in [0.2, 0.25) is 0 Å². The molecule has 0 atom stereocenters. The maximum Gasteiger partial charge on any atom is 0.280 e. The zero-order valence-electron chi connectivity index (χ0n) is 15.2. The van der Waals surface area contributed by atoms with Gasteiger partial charge in [-0.2, -0.15) is 0 Å². The predicted octanol–water partition coefficient (Wildman–Crippen LogP) is 3.97. The van der Waals surface area contributed by atoms with Gasteiger partial charge >= 0.3 is 0 Å². The highest BCUT2D eigenvalue weighted by atomic mass is 19.3. The number of aromatic nitrogens is 1. The zero-order valence-corrected chi connectivity index (χ0v) is 15.2. The Bertz CT molecular complexity index is 583. The minimum atomic E-state index is -2.51. The van der Waals surface area contributed by atoms with E-state index in [2.05, 4.69) is 9.88 Å². The predicted molar refractivity (Wildman–Crippen MR) is 95.4 cm³/mol. The summed E-state index contributed by atoms with van der Waals surface area (Å²) in [7, 11) is 0. The third-order valence-corrected chi connectivity index (χ3v) is 5.60. The molecule has 0 saturated carbocycles. The van der Waals surface area contributed by atoms with Gasteiger partial charge in [-0.05, 0) is 63.9 Å². The van der Waals surface area contributed by atoms with Crippen LogP contribution < -0.4 is 0 Å². The number of ether oxygens (including phenoxy) is 1. The average Bonchev–Trinajstić information content (AvgIpc) is 2.69. The molecule has 144 valence electrons. The number of hydrogen-bond acceptors (Lipinski definition) is 4. The number of pyridine rings is 1. The van der Waals surface area contributed by atoms with Gasteiger partial charge in [-0.15, -0.1) is 0 Å². The summed E-state index contributed by atoms with van der Waals surface area (Å²) in [6.07, 6.45) is 2.66. The average molecular weight is 366 g/mol. The number of piperidine rings is 1. The number of carbonyl (C=O) groups excluding carboxylic acids is 1. The number of rotatable bonds is 7. The Morgan fingerprint density at radius 2 is 1.92 bits per heavy atom. The lowest BCUT2D eigenvalue weighted by molar-refractivity contribution is -0.125. The van der Waals surface area contributed by atoms with E-state index in [4.69, 9.17) is 4.74 Å². The number of likely N-dealkylation sites (tertiary alicyclic amines) is 1. The fourth-order valence-electron chi connectivity index (χ4n) is 3.97. The molecule has 3 rings (SSSR count). The van der Waals surface area contributed by atoms with E-state index in [0.717, 1.165) is 57.4 Å². The van der Waals surface area contributed by atoms with Gasteiger partial charge in [0.05, 0.1) is 0 Å². The number of Topliss-reactive ketones (excluding diaryl/α,β-unsaturated/α-hetero) is 1. The highest BCUT2D eigenvalue weighted by molar-refractivity contribution is 5.81. The lowest BCUT2D eigenvalue weighted by atomic mass is 9.91. The highest BCUT2D eigenvalue weighted by Crippen LogP contribution is 2.28. The first-order valence-electron chi connectivity index (χ1n) is 9.71. The van der Waals surface area contributed by atoms with Gasteiger partial charge in [0.25, 0.3) is 6.43 Å². The molecule has 0 N–H and O–H groups in total. The lowest BCUT2D eigenvalue weighted by Gasteiger charge is -2.32. The molecule has 2 saturated heterocycles. The van der Waals surface area contributed by atoms with E-state index in [-0.39, 0.29) is 17.5 Å². The molecule has 0 aliphatic carbocycles. The topological polar surface area (TPSA) is 42.4 Å². The van der Waals surface area contributed by atoms with Crippen LogP contribution in [0.1, 0.15) is 62.3 Å². The Balaban J connectivity index is 1.38. The van der Waals surface area contributed by atoms with Crippen LogP contribution in [-0.2, 0) is 9.53 Å². The molecule has 0 amide bonds. The fourth-order valence-corrected chi connectivity index (χ4v) is 3.97. The molecule has 0 spiro atoms. The number of hydrogen-bond donors (Lipinski definition) is 0. The molecule has 2 fully saturated rings. The van der Waals surface area contributed by atoms with E-state index in [1.54, 1.807) is 6.07 Å². The molecule has 6 heteroatoms. The third kappa shape index (κ3) is 5.30. The van der Waals surface area contributed by atoms with Crippen LogP contribution >= 0.6 is 0 Å². The van der Waals surface area contributed by atoms with Crippen molar-refractivity contribution in [2.75, 3.05) is 32.8 Å². The van der Waals surface area contributed by atoms with Crippen LogP contribution in [-0.4, -0.2) is 48.5 Å². The van der Waals surface area contributed by atoms with Gasteiger partial charge in [0, 0.05) is 37.2 Å². The molecule has 26 heavy (non-hydrogen) atoms. The van der Waals surface area contributed by atoms with Gasteiger partial charge in [-0.1, -0.05) is 6.07 Å². The molecule has 2 aliphatic rings. The molecule has 0 unspecified atom stereocenters. The van der Waals surface area contributed by atoms with Crippen LogP contribution in [0.15, 0.2) is 18.2 Å². The Labute approximate surface area is 153 Å². The summed E-state index contributed by atoms with van der Waals surface area (Å²) in [6, 6.07) is 4.93. The van der Waals surface area contributed by atoms with E-state index in [9.17, 15) is 13.6 Å². The number of halogens is 2. The second-order valence-electron chi connectivity index (χ2n) is 7.36. The molecule has 1 aromatic rings. The third-order valence-electron chi connectivity index (χ3n) is 5.60. The summed E-state index contributed by atoms with van der Waals surface area (Å²) in [6.45, 7) is 4.25. The van der Waals surface area contributed by atoms with Crippen molar-refractivity contribution in [1.82, 2.24) is 9.88 Å². The van der Waals surface area contributed by atoms with Gasteiger partial charge in [0.15, 0.2) is 0 Å². The van der Waals surface area contributed by atoms with Crippen molar-refractivity contribution in [1.29, 1.82) is 0 Å². The summed E-state index contributed by atoms with van der Waals surface area (Å²) in [4.78, 5) is 18.7. The summed E-state index contributed by atoms with van der Waals surface area (Å²) < 4.78 is 30.9. The minimum absolute atomic E-state index is 0.128. The lowest BCUT2D eigenvalue weighted by Crippen LogP contribution is -2.34. The van der Waals surface area contributed by atoms with Gasteiger partial charge in [-0.25, -0.2) is 8.78 Å². The molecule has 0 bridgehead atoms. The molecule has 1 aromatic heterocycles. The first kappa shape index (κ1) is 19.4. The molecule has 3 heterocycles. The monoisotopic (exact) mass is 366 g/mol. The van der Waals surface area contributed by atoms with Crippen molar-refractivity contribution < 1.29 is 18.3 Å². The second kappa shape index (κ2) is 9.51. The van der Waals surface area contributed by atoms with Crippen molar-refractivity contribution in [2.24, 2.45) is 5.92 Å². The minimum Gasteiger partial charge on any atom is -0.381 e. The normalized spacial score (nSPS) is 20.6. The van der Waals surface area contributed by atoms with Crippen molar-refractivity contribution in [3.63, 3.8) is 0 Å². The number of nitrogens with zero attached hydrogens (tertiary/aromatic N) is 2. The van der Waals surface area contributed by atoms with Crippen molar-refractivity contribution >= 4 is 5.78 Å². The molecule has 0 aromatic carbocycles. The highest BCUT2D eigenvalue weighted by Gasteiger charge is 2.24. The smallest absolute Gasteiger partial charge is 0.280 e. The quantitative estimate of drug-likeness (QED) is 0.732. The van der Waals surface area contributed by atoms with E-state index in [1.807, 2.05) is 6.07 Å². The Hall–Kier alpha value is -1.40. The molecule has 0 radical (unpaired) electrons. The van der Waals surface area contributed by atoms with Crippen LogP contribution in [0.5, 0.6) is 0 Å². The van der Waals surface area contributed by atoms with E-state index < -0.39 is 6.43 Å². The van der Waals surface area contributed by atoms with Crippen LogP contribution in [0.2, 0.25) is 0 Å². The largest absolute Gasteiger partial charge is 0.381 e. The van der Waals surface area contributed by atoms with Crippen molar-refractivity contribution in [3.8, 4) is 0 Å². The summed E-state index contributed by atoms with van der Waals surface area (Å²) >= 11 is 0. The molecule has 2 aliphatic heterocycles. The standard InChI is InChI=1S/C20H28F2N2O2/c21-20(22)18-4-1-3-17(23-18)15-6-11-24(12-7-15)10-2-5-19(25)16-8-13-26-14-9-16/h1,3-4,15-16,20H,2,5-14H2. The number of alkyl halides is 2. The van der Waals surface area contributed by atoms with E-state index in [1.165, 1.54) is 6.07 Å². The Morgan fingerprint density at radius 1 is 1.19 bits per heavy atom. The van der Waals surface area contributed by atoms with E-state index >= 15 is 0 Å². The maximum absolute atomic E-state index is 12.8. The number of carbonyl (C=O) groups is 1.